The van der Waals surface area contributed by atoms with Crippen molar-refractivity contribution in [1.82, 2.24) is 10.2 Å². The molecule has 20 heavy (non-hydrogen) atoms. The van der Waals surface area contributed by atoms with Crippen molar-refractivity contribution in [3.8, 4) is 5.75 Å². The van der Waals surface area contributed by atoms with Crippen molar-refractivity contribution in [2.75, 3.05) is 26.2 Å². The molecule has 2 N–H and O–H groups in total. The second-order valence-corrected chi connectivity index (χ2v) is 5.13. The highest BCUT2D eigenvalue weighted by Gasteiger charge is 2.35. The van der Waals surface area contributed by atoms with E-state index in [0.29, 0.717) is 13.2 Å². The van der Waals surface area contributed by atoms with Gasteiger partial charge in [-0.3, -0.25) is 14.5 Å². The number of fused-ring (bicyclic) bond motifs is 1. The van der Waals surface area contributed by atoms with Crippen LogP contribution in [-0.4, -0.2) is 54.2 Å². The summed E-state index contributed by atoms with van der Waals surface area (Å²) in [4.78, 5) is 24.5. The van der Waals surface area contributed by atoms with Gasteiger partial charge in [0.2, 0.25) is 5.91 Å². The maximum absolute atomic E-state index is 11.5. The fraction of sp³-hybridized carbons (Fsp3) is 0.429. The lowest BCUT2D eigenvalue weighted by atomic mass is 9.99. The Morgan fingerprint density at radius 1 is 1.45 bits per heavy atom. The fourth-order valence-corrected chi connectivity index (χ4v) is 2.79. The molecule has 0 spiro atoms. The van der Waals surface area contributed by atoms with E-state index in [9.17, 15) is 14.7 Å². The first kappa shape index (κ1) is 12.9. The van der Waals surface area contributed by atoms with E-state index < -0.39 is 12.0 Å². The number of carboxylic acids is 1. The van der Waals surface area contributed by atoms with Gasteiger partial charge in [-0.2, -0.15) is 0 Å². The number of nitrogens with zero attached hydrogens (tertiary/aromatic N) is 1. The van der Waals surface area contributed by atoms with Crippen LogP contribution in [0.5, 0.6) is 5.75 Å². The maximum Gasteiger partial charge on any atom is 0.322 e. The van der Waals surface area contributed by atoms with Crippen molar-refractivity contribution in [1.29, 1.82) is 0 Å². The summed E-state index contributed by atoms with van der Waals surface area (Å²) in [5, 5.41) is 11.8. The number of amides is 1. The van der Waals surface area contributed by atoms with Crippen molar-refractivity contribution >= 4 is 11.9 Å². The molecule has 3 rings (SSSR count). The van der Waals surface area contributed by atoms with E-state index in [1.165, 1.54) is 0 Å². The number of ether oxygens (including phenoxy) is 1. The molecule has 2 atom stereocenters. The minimum absolute atomic E-state index is 0.110. The topological polar surface area (TPSA) is 78.9 Å². The molecule has 0 aliphatic carbocycles. The Balaban J connectivity index is 1.76. The molecule has 106 valence electrons. The average molecular weight is 276 g/mol. The first-order valence-electron chi connectivity index (χ1n) is 6.60. The van der Waals surface area contributed by atoms with E-state index in [4.69, 9.17) is 4.74 Å². The van der Waals surface area contributed by atoms with E-state index in [-0.39, 0.29) is 24.9 Å². The molecular weight excluding hydrogens is 260 g/mol. The monoisotopic (exact) mass is 276 g/mol. The van der Waals surface area contributed by atoms with Crippen LogP contribution in [0.2, 0.25) is 0 Å². The Hall–Kier alpha value is -2.08. The zero-order valence-corrected chi connectivity index (χ0v) is 10.9. The highest BCUT2D eigenvalue weighted by atomic mass is 16.5. The zero-order valence-electron chi connectivity index (χ0n) is 10.9. The predicted molar refractivity (Wildman–Crippen MR) is 70.7 cm³/mol. The summed E-state index contributed by atoms with van der Waals surface area (Å²) < 4.78 is 5.60. The molecular formula is C14H16N2O4. The van der Waals surface area contributed by atoms with Gasteiger partial charge in [0.1, 0.15) is 11.8 Å². The summed E-state index contributed by atoms with van der Waals surface area (Å²) in [6, 6.07) is 7.09. The molecule has 0 aromatic heterocycles. The van der Waals surface area contributed by atoms with Gasteiger partial charge in [-0.15, -0.1) is 0 Å². The summed E-state index contributed by atoms with van der Waals surface area (Å²) in [6.45, 7) is 1.32. The van der Waals surface area contributed by atoms with Crippen molar-refractivity contribution in [3.05, 3.63) is 29.8 Å². The van der Waals surface area contributed by atoms with Gasteiger partial charge in [0.05, 0.1) is 13.2 Å². The lowest BCUT2D eigenvalue weighted by molar-refractivity contribution is -0.146. The number of para-hydroxylation sites is 1. The quantitative estimate of drug-likeness (QED) is 0.815. The normalized spacial score (nSPS) is 25.7. The summed E-state index contributed by atoms with van der Waals surface area (Å²) >= 11 is 0. The van der Waals surface area contributed by atoms with Gasteiger partial charge < -0.3 is 15.2 Å². The number of rotatable bonds is 3. The van der Waals surface area contributed by atoms with Crippen LogP contribution in [0.15, 0.2) is 24.3 Å². The maximum atomic E-state index is 11.5. The van der Waals surface area contributed by atoms with Gasteiger partial charge >= 0.3 is 5.97 Å². The minimum atomic E-state index is -0.905. The van der Waals surface area contributed by atoms with Crippen molar-refractivity contribution in [2.45, 2.75) is 12.0 Å². The molecule has 0 saturated carbocycles. The van der Waals surface area contributed by atoms with Crippen molar-refractivity contribution < 1.29 is 19.4 Å². The minimum Gasteiger partial charge on any atom is -0.493 e. The zero-order chi connectivity index (χ0) is 14.1. The van der Waals surface area contributed by atoms with Gasteiger partial charge in [0.15, 0.2) is 0 Å². The van der Waals surface area contributed by atoms with Crippen LogP contribution in [-0.2, 0) is 9.59 Å². The smallest absolute Gasteiger partial charge is 0.322 e. The largest absolute Gasteiger partial charge is 0.493 e. The van der Waals surface area contributed by atoms with E-state index in [1.807, 2.05) is 24.3 Å². The van der Waals surface area contributed by atoms with E-state index >= 15 is 0 Å². The van der Waals surface area contributed by atoms with Crippen LogP contribution in [0.25, 0.3) is 0 Å². The summed E-state index contributed by atoms with van der Waals surface area (Å²) in [5.41, 5.74) is 1.09. The summed E-state index contributed by atoms with van der Waals surface area (Å²) in [5.74, 6) is -0.0725. The third-order valence-electron chi connectivity index (χ3n) is 3.82. The lowest BCUT2D eigenvalue weighted by Gasteiger charge is -2.34. The van der Waals surface area contributed by atoms with Gasteiger partial charge in [-0.1, -0.05) is 18.2 Å². The van der Waals surface area contributed by atoms with E-state index in [0.717, 1.165) is 11.3 Å². The Kier molecular flexibility index (Phi) is 3.31. The fourth-order valence-electron chi connectivity index (χ4n) is 2.79. The van der Waals surface area contributed by atoms with Crippen LogP contribution in [0.4, 0.5) is 0 Å². The number of hydrogen-bond donors (Lipinski definition) is 2. The van der Waals surface area contributed by atoms with Gasteiger partial charge in [0.25, 0.3) is 0 Å². The number of piperazine rings is 1. The lowest BCUT2D eigenvalue weighted by Crippen LogP contribution is -2.58. The highest BCUT2D eigenvalue weighted by molar-refractivity contribution is 5.83. The van der Waals surface area contributed by atoms with E-state index in [1.54, 1.807) is 4.90 Å². The Morgan fingerprint density at radius 2 is 2.25 bits per heavy atom. The second-order valence-electron chi connectivity index (χ2n) is 5.13. The third kappa shape index (κ3) is 2.34. The molecule has 0 radical (unpaired) electrons. The number of carbonyl (C=O) groups excluding carboxylic acids is 1. The first-order valence-corrected chi connectivity index (χ1v) is 6.60. The predicted octanol–water partition coefficient (Wildman–Crippen LogP) is 0.0476. The number of nitrogens with one attached hydrogen (secondary N) is 1. The Morgan fingerprint density at radius 3 is 3.05 bits per heavy atom. The molecule has 1 aromatic carbocycles. The standard InChI is InChI=1S/C14H16N2O4/c17-13-7-16(11(5-15-13)14(18)19)6-9-8-20-12-4-2-1-3-10(9)12/h1-4,9,11H,5-8H2,(H,15,17)(H,18,19). The number of carboxylic acid groups (broad SMARTS) is 1. The molecule has 1 aromatic rings. The van der Waals surface area contributed by atoms with Crippen LogP contribution in [0.3, 0.4) is 0 Å². The average Bonchev–Trinajstić information content (AvgIpc) is 2.82. The molecule has 1 saturated heterocycles. The molecule has 2 aliphatic heterocycles. The molecule has 2 heterocycles. The number of benzene rings is 1. The summed E-state index contributed by atoms with van der Waals surface area (Å²) in [7, 11) is 0. The Bertz CT molecular complexity index is 546. The molecule has 1 amide bonds. The van der Waals surface area contributed by atoms with Crippen LogP contribution >= 0.6 is 0 Å². The summed E-state index contributed by atoms with van der Waals surface area (Å²) in [6.07, 6.45) is 0. The van der Waals surface area contributed by atoms with E-state index in [2.05, 4.69) is 5.32 Å². The van der Waals surface area contributed by atoms with Crippen LogP contribution < -0.4 is 10.1 Å². The molecule has 1 fully saturated rings. The van der Waals surface area contributed by atoms with Crippen LogP contribution in [0, 0.1) is 0 Å². The van der Waals surface area contributed by atoms with Gasteiger partial charge in [-0.25, -0.2) is 0 Å². The van der Waals surface area contributed by atoms with Crippen LogP contribution in [0.1, 0.15) is 11.5 Å². The molecule has 2 unspecified atom stereocenters. The van der Waals surface area contributed by atoms with Gasteiger partial charge in [-0.05, 0) is 6.07 Å². The number of carbonyl (C=O) groups is 2. The van der Waals surface area contributed by atoms with Crippen molar-refractivity contribution in [3.63, 3.8) is 0 Å². The highest BCUT2D eigenvalue weighted by Crippen LogP contribution is 2.34. The van der Waals surface area contributed by atoms with Crippen molar-refractivity contribution in [2.24, 2.45) is 0 Å². The molecule has 6 nitrogen and oxygen atoms in total. The molecule has 2 aliphatic rings. The second kappa shape index (κ2) is 5.13. The van der Waals surface area contributed by atoms with Gasteiger partial charge in [0, 0.05) is 24.6 Å². The number of aliphatic carboxylic acids is 1. The third-order valence-corrected chi connectivity index (χ3v) is 3.82. The molecule has 6 heteroatoms. The Labute approximate surface area is 116 Å². The SMILES string of the molecule is O=C1CN(CC2COc3ccccc32)C(C(=O)O)CN1. The first-order chi connectivity index (χ1) is 9.65. The number of hydrogen-bond acceptors (Lipinski definition) is 4. The molecule has 0 bridgehead atoms.